The highest BCUT2D eigenvalue weighted by Crippen LogP contribution is 2.39. The van der Waals surface area contributed by atoms with E-state index < -0.39 is 22.1 Å². The molecular formula is C20H5Br3I6O7S. The molecule has 0 aromatic heterocycles. The standard InChI is InChI=1S/C20H5Br3I6O7S/c21-5-1-7(22)17(8(23)2-5)36-20(31)12-11(13(26)15(28)16(29)14(12)27)19(30)35-6-3-9(24)18(10(25)4-6)37(32,33)34/h1-4H,(H,32,33,34). The van der Waals surface area contributed by atoms with Gasteiger partial charge < -0.3 is 9.47 Å². The van der Waals surface area contributed by atoms with Gasteiger partial charge in [-0.3, -0.25) is 4.55 Å². The fraction of sp³-hybridized carbons (Fsp3) is 0. The minimum atomic E-state index is -4.47. The number of benzene rings is 3. The van der Waals surface area contributed by atoms with Crippen molar-refractivity contribution in [2.75, 3.05) is 0 Å². The van der Waals surface area contributed by atoms with Crippen molar-refractivity contribution in [1.29, 1.82) is 0 Å². The van der Waals surface area contributed by atoms with E-state index in [9.17, 15) is 22.6 Å². The van der Waals surface area contributed by atoms with E-state index in [1.807, 2.05) is 45.2 Å². The fourth-order valence-corrected chi connectivity index (χ4v) is 12.8. The Hall–Kier alpha value is 2.33. The summed E-state index contributed by atoms with van der Waals surface area (Å²) in [5, 5.41) is 0. The van der Waals surface area contributed by atoms with Crippen LogP contribution in [-0.4, -0.2) is 24.9 Å². The average molecular weight is 1390 g/mol. The van der Waals surface area contributed by atoms with Crippen LogP contribution in [0.3, 0.4) is 0 Å². The van der Waals surface area contributed by atoms with Gasteiger partial charge in [-0.25, -0.2) is 9.59 Å². The third-order valence-corrected chi connectivity index (χ3v) is 16.7. The van der Waals surface area contributed by atoms with Gasteiger partial charge in [-0.15, -0.1) is 0 Å². The zero-order valence-electron chi connectivity index (χ0n) is 17.0. The Morgan fingerprint density at radius 1 is 0.703 bits per heavy atom. The molecule has 0 fully saturated rings. The molecule has 0 bridgehead atoms. The third kappa shape index (κ3) is 7.84. The van der Waals surface area contributed by atoms with E-state index >= 15 is 0 Å². The molecule has 3 aromatic rings. The van der Waals surface area contributed by atoms with Crippen LogP contribution in [0.1, 0.15) is 20.7 Å². The van der Waals surface area contributed by atoms with Crippen molar-refractivity contribution in [3.63, 3.8) is 0 Å². The number of ether oxygens (including phenoxy) is 2. The third-order valence-electron chi connectivity index (χ3n) is 4.27. The summed E-state index contributed by atoms with van der Waals surface area (Å²) in [6.45, 7) is 0. The molecule has 196 valence electrons. The smallest absolute Gasteiger partial charge is 0.345 e. The van der Waals surface area contributed by atoms with E-state index in [2.05, 4.69) is 93.0 Å². The number of halogens is 9. The van der Waals surface area contributed by atoms with E-state index in [0.29, 0.717) is 16.1 Å². The lowest BCUT2D eigenvalue weighted by molar-refractivity contribution is 0.0688. The maximum Gasteiger partial charge on any atom is 0.345 e. The second kappa shape index (κ2) is 13.7. The average Bonchev–Trinajstić information content (AvgIpc) is 2.75. The number of hydrogen-bond acceptors (Lipinski definition) is 6. The van der Waals surface area contributed by atoms with E-state index in [4.69, 9.17) is 9.47 Å². The maximum atomic E-state index is 13.5. The molecule has 0 amide bonds. The fourth-order valence-electron chi connectivity index (χ4n) is 2.79. The monoisotopic (exact) mass is 1390 g/mol. The van der Waals surface area contributed by atoms with Crippen LogP contribution in [0.15, 0.2) is 42.6 Å². The number of rotatable bonds is 5. The van der Waals surface area contributed by atoms with Crippen molar-refractivity contribution in [3.05, 3.63) is 70.2 Å². The summed E-state index contributed by atoms with van der Waals surface area (Å²) in [5.41, 5.74) is 0.0357. The summed E-state index contributed by atoms with van der Waals surface area (Å²) in [6.07, 6.45) is 0. The van der Waals surface area contributed by atoms with Gasteiger partial charge in [0.05, 0.1) is 20.1 Å². The molecule has 0 radical (unpaired) electrons. The zero-order chi connectivity index (χ0) is 28.0. The maximum absolute atomic E-state index is 13.5. The van der Waals surface area contributed by atoms with E-state index in [1.54, 1.807) is 57.3 Å². The number of carbonyl (C=O) groups excluding carboxylic acids is 2. The summed E-state index contributed by atoms with van der Waals surface area (Å²) in [4.78, 5) is 26.7. The number of esters is 2. The first kappa shape index (κ1) is 33.8. The second-order valence-electron chi connectivity index (χ2n) is 6.67. The van der Waals surface area contributed by atoms with Crippen LogP contribution in [0.4, 0.5) is 0 Å². The van der Waals surface area contributed by atoms with Crippen LogP contribution in [0.25, 0.3) is 0 Å². The van der Waals surface area contributed by atoms with Gasteiger partial charge in [-0.1, -0.05) is 15.9 Å². The lowest BCUT2D eigenvalue weighted by Gasteiger charge is -2.17. The van der Waals surface area contributed by atoms with Gasteiger partial charge in [0.2, 0.25) is 0 Å². The number of carbonyl (C=O) groups is 2. The van der Waals surface area contributed by atoms with Gasteiger partial charge in [-0.05, 0) is 192 Å². The van der Waals surface area contributed by atoms with Crippen molar-refractivity contribution >= 4 is 205 Å². The molecule has 37 heavy (non-hydrogen) atoms. The molecule has 0 aliphatic heterocycles. The van der Waals surface area contributed by atoms with E-state index in [0.717, 1.165) is 11.6 Å². The van der Waals surface area contributed by atoms with Gasteiger partial charge in [0.25, 0.3) is 10.1 Å². The molecular weight excluding hydrogens is 1390 g/mol. The first-order valence-corrected chi connectivity index (χ1v) is 19.2. The van der Waals surface area contributed by atoms with Crippen molar-refractivity contribution in [2.45, 2.75) is 4.90 Å². The normalized spacial score (nSPS) is 11.4. The molecule has 1 N–H and O–H groups in total. The van der Waals surface area contributed by atoms with Crippen molar-refractivity contribution in [1.82, 2.24) is 0 Å². The van der Waals surface area contributed by atoms with Crippen LogP contribution in [0.2, 0.25) is 0 Å². The molecule has 0 unspecified atom stereocenters. The Balaban J connectivity index is 2.12. The quantitative estimate of drug-likeness (QED) is 0.0679. The van der Waals surface area contributed by atoms with Crippen molar-refractivity contribution in [3.8, 4) is 11.5 Å². The molecule has 0 aliphatic carbocycles. The van der Waals surface area contributed by atoms with Gasteiger partial charge >= 0.3 is 11.9 Å². The Bertz CT molecular complexity index is 1550. The first-order valence-electron chi connectivity index (χ1n) is 8.96. The van der Waals surface area contributed by atoms with Crippen LogP contribution in [0, 0.1) is 21.4 Å². The molecule has 7 nitrogen and oxygen atoms in total. The SMILES string of the molecule is O=C(Oc1cc(I)c(S(=O)(=O)O)c(I)c1)c1c(I)c(I)c(I)c(I)c1C(=O)Oc1c(Br)cc(Br)cc1Br. The Morgan fingerprint density at radius 3 is 1.51 bits per heavy atom. The molecule has 3 aromatic carbocycles. The molecule has 0 atom stereocenters. The summed E-state index contributed by atoms with van der Waals surface area (Å²) in [5.74, 6) is -1.32. The summed E-state index contributed by atoms with van der Waals surface area (Å²) < 4.78 is 48.8. The lowest BCUT2D eigenvalue weighted by Crippen LogP contribution is -2.23. The topological polar surface area (TPSA) is 107 Å². The van der Waals surface area contributed by atoms with Crippen LogP contribution in [-0.2, 0) is 10.1 Å². The van der Waals surface area contributed by atoms with E-state index in [-0.39, 0.29) is 34.7 Å². The predicted octanol–water partition coefficient (Wildman–Crippen LogP) is 9.29. The highest BCUT2D eigenvalue weighted by atomic mass is 127. The van der Waals surface area contributed by atoms with Crippen LogP contribution < -0.4 is 9.47 Å². The second-order valence-corrected chi connectivity index (χ2v) is 17.3. The molecule has 0 saturated carbocycles. The van der Waals surface area contributed by atoms with Crippen LogP contribution in [0.5, 0.6) is 11.5 Å². The highest BCUT2D eigenvalue weighted by Gasteiger charge is 2.31. The molecule has 0 aliphatic rings. The number of hydrogen-bond donors (Lipinski definition) is 1. The minimum absolute atomic E-state index is 0.00745. The zero-order valence-corrected chi connectivity index (χ0v) is 35.5. The summed E-state index contributed by atoms with van der Waals surface area (Å²) >= 11 is 21.8. The van der Waals surface area contributed by atoms with Gasteiger partial charge in [0.1, 0.15) is 10.6 Å². The van der Waals surface area contributed by atoms with Gasteiger partial charge in [0.15, 0.2) is 5.75 Å². The molecule has 0 saturated heterocycles. The van der Waals surface area contributed by atoms with Crippen LogP contribution >= 0.6 is 183 Å². The summed E-state index contributed by atoms with van der Waals surface area (Å²) in [6, 6.07) is 6.06. The lowest BCUT2D eigenvalue weighted by atomic mass is 10.1. The minimum Gasteiger partial charge on any atom is -0.423 e. The van der Waals surface area contributed by atoms with Gasteiger partial charge in [0, 0.05) is 25.9 Å². The first-order chi connectivity index (χ1) is 17.0. The molecule has 17 heteroatoms. The largest absolute Gasteiger partial charge is 0.423 e. The van der Waals surface area contributed by atoms with E-state index in [1.165, 1.54) is 12.1 Å². The molecule has 3 rings (SSSR count). The molecule has 0 spiro atoms. The molecule has 0 heterocycles. The summed E-state index contributed by atoms with van der Waals surface area (Å²) in [7, 11) is -4.47. The van der Waals surface area contributed by atoms with Crippen molar-refractivity contribution < 1.29 is 32.0 Å². The predicted molar refractivity (Wildman–Crippen MR) is 198 cm³/mol. The Morgan fingerprint density at radius 2 is 1.11 bits per heavy atom. The highest BCUT2D eigenvalue weighted by molar-refractivity contribution is 14.1. The van der Waals surface area contributed by atoms with Gasteiger partial charge in [-0.2, -0.15) is 8.42 Å². The van der Waals surface area contributed by atoms with Crippen molar-refractivity contribution in [2.24, 2.45) is 0 Å². The Kier molecular flexibility index (Phi) is 12.6. The Labute approximate surface area is 318 Å².